The third kappa shape index (κ3) is 2.61. The van der Waals surface area contributed by atoms with Gasteiger partial charge in [0.25, 0.3) is 0 Å². The van der Waals surface area contributed by atoms with Crippen LogP contribution >= 0.6 is 0 Å². The number of benzene rings is 1. The van der Waals surface area contributed by atoms with Crippen molar-refractivity contribution < 1.29 is 9.53 Å². The molecule has 0 saturated carbocycles. The number of hydrogen-bond acceptors (Lipinski definition) is 3. The van der Waals surface area contributed by atoms with Crippen molar-refractivity contribution >= 4 is 5.97 Å². The van der Waals surface area contributed by atoms with Crippen molar-refractivity contribution in [2.75, 3.05) is 13.7 Å². The van der Waals surface area contributed by atoms with Gasteiger partial charge in [0, 0.05) is 12.0 Å². The van der Waals surface area contributed by atoms with E-state index in [1.54, 1.807) is 0 Å². The van der Waals surface area contributed by atoms with Gasteiger partial charge in [-0.2, -0.15) is 0 Å². The third-order valence-electron chi connectivity index (χ3n) is 3.16. The second-order valence-corrected chi connectivity index (χ2v) is 3.96. The second-order valence-electron chi connectivity index (χ2n) is 3.96. The van der Waals surface area contributed by atoms with Gasteiger partial charge in [0.2, 0.25) is 0 Å². The first-order chi connectivity index (χ1) is 7.68. The van der Waals surface area contributed by atoms with Crippen LogP contribution in [0.2, 0.25) is 0 Å². The molecule has 0 heterocycles. The lowest BCUT2D eigenvalue weighted by molar-refractivity contribution is -0.142. The maximum Gasteiger partial charge on any atom is 0.306 e. The maximum atomic E-state index is 11.4. The lowest BCUT2D eigenvalue weighted by Crippen LogP contribution is -2.37. The second kappa shape index (κ2) is 5.66. The molecule has 1 rings (SSSR count). The van der Waals surface area contributed by atoms with E-state index in [-0.39, 0.29) is 11.4 Å². The lowest BCUT2D eigenvalue weighted by atomic mass is 9.75. The monoisotopic (exact) mass is 221 g/mol. The minimum atomic E-state index is -0.297. The summed E-state index contributed by atoms with van der Waals surface area (Å²) in [5.74, 6) is -0.212. The molecule has 2 N–H and O–H groups in total. The first-order valence-electron chi connectivity index (χ1n) is 5.51. The molecule has 1 atom stereocenters. The Morgan fingerprint density at radius 1 is 1.38 bits per heavy atom. The van der Waals surface area contributed by atoms with Crippen molar-refractivity contribution in [1.82, 2.24) is 0 Å². The Kier molecular flexibility index (Phi) is 4.50. The molecular formula is C13H19NO2. The normalized spacial score (nSPS) is 14.2. The highest BCUT2D eigenvalue weighted by atomic mass is 16.5. The highest BCUT2D eigenvalue weighted by Crippen LogP contribution is 2.30. The van der Waals surface area contributed by atoms with E-state index < -0.39 is 0 Å². The first kappa shape index (κ1) is 12.7. The van der Waals surface area contributed by atoms with Crippen LogP contribution in [0.25, 0.3) is 0 Å². The SMILES string of the molecule is CCC(CN)(CC(=O)OC)c1ccccc1. The van der Waals surface area contributed by atoms with Crippen LogP contribution in [-0.2, 0) is 14.9 Å². The number of rotatable bonds is 5. The highest BCUT2D eigenvalue weighted by molar-refractivity contribution is 5.71. The summed E-state index contributed by atoms with van der Waals surface area (Å²) in [4.78, 5) is 11.4. The van der Waals surface area contributed by atoms with Gasteiger partial charge in [-0.15, -0.1) is 0 Å². The van der Waals surface area contributed by atoms with Crippen molar-refractivity contribution in [3.63, 3.8) is 0 Å². The molecule has 0 aliphatic heterocycles. The average molecular weight is 221 g/mol. The number of carbonyl (C=O) groups is 1. The summed E-state index contributed by atoms with van der Waals surface area (Å²) in [6.07, 6.45) is 1.16. The number of esters is 1. The van der Waals surface area contributed by atoms with Gasteiger partial charge in [-0.3, -0.25) is 4.79 Å². The van der Waals surface area contributed by atoms with Gasteiger partial charge in [-0.1, -0.05) is 37.3 Å². The fourth-order valence-electron chi connectivity index (χ4n) is 1.91. The van der Waals surface area contributed by atoms with Gasteiger partial charge in [-0.25, -0.2) is 0 Å². The molecule has 0 spiro atoms. The van der Waals surface area contributed by atoms with Gasteiger partial charge in [0.1, 0.15) is 0 Å². The standard InChI is InChI=1S/C13H19NO2/c1-3-13(10-14,9-12(15)16-2)11-7-5-4-6-8-11/h4-8H,3,9-10,14H2,1-2H3. The molecule has 1 aromatic rings. The predicted octanol–water partition coefficient (Wildman–Crippen LogP) is 1.86. The Morgan fingerprint density at radius 3 is 2.44 bits per heavy atom. The van der Waals surface area contributed by atoms with Crippen LogP contribution in [0.5, 0.6) is 0 Å². The molecule has 0 amide bonds. The van der Waals surface area contributed by atoms with E-state index in [2.05, 4.69) is 0 Å². The molecular weight excluding hydrogens is 202 g/mol. The Bertz CT molecular complexity index is 331. The first-order valence-corrected chi connectivity index (χ1v) is 5.51. The fraction of sp³-hybridized carbons (Fsp3) is 0.462. The van der Waals surface area contributed by atoms with Gasteiger partial charge in [0.15, 0.2) is 0 Å². The molecule has 16 heavy (non-hydrogen) atoms. The molecule has 0 aromatic heterocycles. The van der Waals surface area contributed by atoms with E-state index in [1.807, 2.05) is 37.3 Å². The molecule has 0 fully saturated rings. The molecule has 0 bridgehead atoms. The number of nitrogens with two attached hydrogens (primary N) is 1. The summed E-state index contributed by atoms with van der Waals surface area (Å²) in [5, 5.41) is 0. The van der Waals surface area contributed by atoms with Crippen LogP contribution in [0.15, 0.2) is 30.3 Å². The average Bonchev–Trinajstić information content (AvgIpc) is 2.37. The quantitative estimate of drug-likeness (QED) is 0.772. The maximum absolute atomic E-state index is 11.4. The Morgan fingerprint density at radius 2 is 2.00 bits per heavy atom. The van der Waals surface area contributed by atoms with E-state index in [0.717, 1.165) is 12.0 Å². The topological polar surface area (TPSA) is 52.3 Å². The number of carbonyl (C=O) groups excluding carboxylic acids is 1. The predicted molar refractivity (Wildman–Crippen MR) is 64.1 cm³/mol. The summed E-state index contributed by atoms with van der Waals surface area (Å²) in [6.45, 7) is 2.49. The summed E-state index contributed by atoms with van der Waals surface area (Å²) in [7, 11) is 1.41. The van der Waals surface area contributed by atoms with Crippen molar-refractivity contribution in [3.8, 4) is 0 Å². The summed E-state index contributed by atoms with van der Waals surface area (Å²) >= 11 is 0. The van der Waals surface area contributed by atoms with E-state index in [0.29, 0.717) is 13.0 Å². The van der Waals surface area contributed by atoms with Crippen LogP contribution in [0.4, 0.5) is 0 Å². The van der Waals surface area contributed by atoms with Gasteiger partial charge in [0.05, 0.1) is 13.5 Å². The number of hydrogen-bond donors (Lipinski definition) is 1. The molecule has 88 valence electrons. The zero-order chi connectivity index (χ0) is 12.0. The fourth-order valence-corrected chi connectivity index (χ4v) is 1.91. The van der Waals surface area contributed by atoms with Crippen molar-refractivity contribution in [2.24, 2.45) is 5.73 Å². The third-order valence-corrected chi connectivity index (χ3v) is 3.16. The highest BCUT2D eigenvalue weighted by Gasteiger charge is 2.31. The van der Waals surface area contributed by atoms with Crippen LogP contribution in [0, 0.1) is 0 Å². The Hall–Kier alpha value is -1.35. The van der Waals surface area contributed by atoms with E-state index in [1.165, 1.54) is 7.11 Å². The molecule has 0 saturated heterocycles. The van der Waals surface area contributed by atoms with Crippen LogP contribution in [0.3, 0.4) is 0 Å². The van der Waals surface area contributed by atoms with Crippen LogP contribution in [-0.4, -0.2) is 19.6 Å². The van der Waals surface area contributed by atoms with E-state index in [9.17, 15) is 4.79 Å². The van der Waals surface area contributed by atoms with Crippen molar-refractivity contribution in [2.45, 2.75) is 25.2 Å². The molecule has 0 aliphatic rings. The lowest BCUT2D eigenvalue weighted by Gasteiger charge is -2.30. The number of ether oxygens (including phenoxy) is 1. The van der Waals surface area contributed by atoms with Crippen LogP contribution < -0.4 is 5.73 Å². The summed E-state index contributed by atoms with van der Waals surface area (Å²) < 4.78 is 4.74. The van der Waals surface area contributed by atoms with E-state index >= 15 is 0 Å². The van der Waals surface area contributed by atoms with Gasteiger partial charge >= 0.3 is 5.97 Å². The van der Waals surface area contributed by atoms with Crippen molar-refractivity contribution in [3.05, 3.63) is 35.9 Å². The van der Waals surface area contributed by atoms with Crippen LogP contribution in [0.1, 0.15) is 25.3 Å². The van der Waals surface area contributed by atoms with E-state index in [4.69, 9.17) is 10.5 Å². The number of methoxy groups -OCH3 is 1. The molecule has 1 unspecified atom stereocenters. The minimum absolute atomic E-state index is 0.212. The molecule has 0 radical (unpaired) electrons. The van der Waals surface area contributed by atoms with Crippen molar-refractivity contribution in [1.29, 1.82) is 0 Å². The molecule has 3 heteroatoms. The minimum Gasteiger partial charge on any atom is -0.469 e. The summed E-state index contributed by atoms with van der Waals surface area (Å²) in [6, 6.07) is 9.91. The largest absolute Gasteiger partial charge is 0.469 e. The van der Waals surface area contributed by atoms with Gasteiger partial charge in [-0.05, 0) is 12.0 Å². The smallest absolute Gasteiger partial charge is 0.306 e. The van der Waals surface area contributed by atoms with Gasteiger partial charge < -0.3 is 10.5 Å². The zero-order valence-electron chi connectivity index (χ0n) is 9.90. The Labute approximate surface area is 96.6 Å². The zero-order valence-corrected chi connectivity index (χ0v) is 9.90. The summed E-state index contributed by atoms with van der Waals surface area (Å²) in [5.41, 5.74) is 6.65. The molecule has 0 aliphatic carbocycles. The molecule has 1 aromatic carbocycles. The Balaban J connectivity index is 3.01. The molecule has 3 nitrogen and oxygen atoms in total.